The summed E-state index contributed by atoms with van der Waals surface area (Å²) < 4.78 is 15.4. The van der Waals surface area contributed by atoms with Crippen LogP contribution >= 0.6 is 0 Å². The molecule has 0 radical (unpaired) electrons. The summed E-state index contributed by atoms with van der Waals surface area (Å²) in [5.41, 5.74) is 6.32. The fraction of sp³-hybridized carbons (Fsp3) is 0.125. The summed E-state index contributed by atoms with van der Waals surface area (Å²) in [7, 11) is 0. The van der Waals surface area contributed by atoms with E-state index in [1.54, 1.807) is 31.2 Å². The molecule has 1 amide bonds. The molecule has 0 aliphatic carbocycles. The molecule has 0 spiro atoms. The number of carbonyl (C=O) groups excluding carboxylic acids is 1. The maximum atomic E-state index is 11.7. The van der Waals surface area contributed by atoms with E-state index in [9.17, 15) is 9.59 Å². The van der Waals surface area contributed by atoms with Crippen molar-refractivity contribution in [2.75, 3.05) is 0 Å². The Morgan fingerprint density at radius 3 is 2.62 bits per heavy atom. The summed E-state index contributed by atoms with van der Waals surface area (Å²) in [4.78, 5) is 26.5. The van der Waals surface area contributed by atoms with E-state index in [0.29, 0.717) is 11.3 Å². The van der Waals surface area contributed by atoms with Gasteiger partial charge in [-0.25, -0.2) is 0 Å². The first-order valence-corrected chi connectivity index (χ1v) is 6.98. The maximum Gasteiger partial charge on any atom is 0.316 e. The second-order valence-corrected chi connectivity index (χ2v) is 4.94. The number of ether oxygens (including phenoxy) is 1. The van der Waals surface area contributed by atoms with Gasteiger partial charge >= 0.3 is 11.8 Å². The smallest absolute Gasteiger partial charge is 0.316 e. The third-order valence-corrected chi connectivity index (χ3v) is 3.24. The van der Waals surface area contributed by atoms with E-state index >= 15 is 0 Å². The van der Waals surface area contributed by atoms with E-state index in [2.05, 4.69) is 10.1 Å². The average Bonchev–Trinajstić information content (AvgIpc) is 3.05. The molecule has 2 aromatic heterocycles. The molecule has 3 aromatic rings. The van der Waals surface area contributed by atoms with Gasteiger partial charge in [-0.3, -0.25) is 9.59 Å². The second kappa shape index (κ2) is 6.37. The Kier molecular flexibility index (Phi) is 4.11. The molecule has 24 heavy (non-hydrogen) atoms. The molecule has 8 heteroatoms. The van der Waals surface area contributed by atoms with Gasteiger partial charge in [0.1, 0.15) is 12.4 Å². The molecule has 122 valence electrons. The zero-order valence-corrected chi connectivity index (χ0v) is 12.7. The van der Waals surface area contributed by atoms with Gasteiger partial charge in [0.25, 0.3) is 0 Å². The van der Waals surface area contributed by atoms with E-state index in [-0.39, 0.29) is 29.5 Å². The molecule has 0 unspecified atom stereocenters. The first kappa shape index (κ1) is 15.5. The maximum absolute atomic E-state index is 11.7. The van der Waals surface area contributed by atoms with Crippen LogP contribution in [0.25, 0.3) is 11.4 Å². The topological polar surface area (TPSA) is 121 Å². The molecule has 0 saturated carbocycles. The largest absolute Gasteiger partial charge is 0.482 e. The Bertz CT molecular complexity index is 927. The van der Waals surface area contributed by atoms with Crippen LogP contribution in [0.5, 0.6) is 5.75 Å². The van der Waals surface area contributed by atoms with Crippen molar-refractivity contribution >= 4 is 5.91 Å². The highest BCUT2D eigenvalue weighted by Crippen LogP contribution is 2.18. The van der Waals surface area contributed by atoms with Gasteiger partial charge in [-0.05, 0) is 12.5 Å². The minimum absolute atomic E-state index is 0.186. The van der Waals surface area contributed by atoms with Crippen LogP contribution in [0.3, 0.4) is 0 Å². The fourth-order valence-corrected chi connectivity index (χ4v) is 2.02. The van der Waals surface area contributed by atoms with Crippen molar-refractivity contribution in [3.8, 4) is 17.1 Å². The van der Waals surface area contributed by atoms with Crippen LogP contribution in [0.2, 0.25) is 0 Å². The van der Waals surface area contributed by atoms with Crippen LogP contribution in [-0.4, -0.2) is 16.0 Å². The Morgan fingerprint density at radius 1 is 1.25 bits per heavy atom. The number of primary amides is 1. The lowest BCUT2D eigenvalue weighted by atomic mass is 10.1. The van der Waals surface area contributed by atoms with Crippen LogP contribution in [0, 0.1) is 6.92 Å². The lowest BCUT2D eigenvalue weighted by Crippen LogP contribution is -2.11. The van der Waals surface area contributed by atoms with Crippen LogP contribution in [-0.2, 0) is 6.61 Å². The number of hydrogen-bond donors (Lipinski definition) is 1. The van der Waals surface area contributed by atoms with Gasteiger partial charge < -0.3 is 19.4 Å². The lowest BCUT2D eigenvalue weighted by Gasteiger charge is -2.07. The van der Waals surface area contributed by atoms with Crippen molar-refractivity contribution in [2.24, 2.45) is 5.73 Å². The highest BCUT2D eigenvalue weighted by Gasteiger charge is 2.13. The SMILES string of the molecule is Cc1occc(=O)c1OCc1ccc(-c2noc(C(N)=O)n2)cc1. The Hall–Kier alpha value is -3.42. The van der Waals surface area contributed by atoms with Gasteiger partial charge in [0.15, 0.2) is 0 Å². The number of carbonyl (C=O) groups is 1. The van der Waals surface area contributed by atoms with Crippen molar-refractivity contribution < 1.29 is 18.5 Å². The van der Waals surface area contributed by atoms with Crippen molar-refractivity contribution in [3.63, 3.8) is 0 Å². The van der Waals surface area contributed by atoms with Gasteiger partial charge in [-0.2, -0.15) is 4.98 Å². The molecule has 0 atom stereocenters. The molecule has 0 aliphatic rings. The summed E-state index contributed by atoms with van der Waals surface area (Å²) in [6.07, 6.45) is 1.32. The molecule has 2 heterocycles. The number of aryl methyl sites for hydroxylation is 1. The number of aromatic nitrogens is 2. The molecular formula is C16H13N3O5. The highest BCUT2D eigenvalue weighted by molar-refractivity contribution is 5.88. The number of hydrogen-bond acceptors (Lipinski definition) is 7. The van der Waals surface area contributed by atoms with Crippen molar-refractivity contribution in [2.45, 2.75) is 13.5 Å². The summed E-state index contributed by atoms with van der Waals surface area (Å²) in [6, 6.07) is 8.37. The lowest BCUT2D eigenvalue weighted by molar-refractivity contribution is 0.0958. The van der Waals surface area contributed by atoms with E-state index in [1.165, 1.54) is 12.3 Å². The van der Waals surface area contributed by atoms with Crippen molar-refractivity contribution in [1.82, 2.24) is 10.1 Å². The predicted molar refractivity (Wildman–Crippen MR) is 82.3 cm³/mol. The third-order valence-electron chi connectivity index (χ3n) is 3.24. The molecule has 0 aliphatic heterocycles. The minimum atomic E-state index is -0.782. The number of nitrogens with two attached hydrogens (primary N) is 1. The summed E-state index contributed by atoms with van der Waals surface area (Å²) >= 11 is 0. The molecular weight excluding hydrogens is 314 g/mol. The molecule has 3 rings (SSSR count). The van der Waals surface area contributed by atoms with Gasteiger partial charge in [-0.1, -0.05) is 29.4 Å². The first-order valence-electron chi connectivity index (χ1n) is 6.98. The molecule has 2 N–H and O–H groups in total. The van der Waals surface area contributed by atoms with Gasteiger partial charge in [0.2, 0.25) is 17.0 Å². The molecule has 8 nitrogen and oxygen atoms in total. The van der Waals surface area contributed by atoms with E-state index in [0.717, 1.165) is 5.56 Å². The standard InChI is InChI=1S/C16H13N3O5/c1-9-13(12(20)6-7-22-9)23-8-10-2-4-11(5-3-10)15-18-16(14(17)21)24-19-15/h2-7H,8H2,1H3,(H2,17,21). The Labute approximate surface area is 135 Å². The summed E-state index contributed by atoms with van der Waals surface area (Å²) in [6.45, 7) is 1.86. The normalized spacial score (nSPS) is 10.5. The first-order chi connectivity index (χ1) is 11.5. The fourth-order valence-electron chi connectivity index (χ4n) is 2.02. The highest BCUT2D eigenvalue weighted by atomic mass is 16.5. The van der Waals surface area contributed by atoms with Gasteiger partial charge in [0, 0.05) is 11.6 Å². The monoisotopic (exact) mass is 327 g/mol. The summed E-state index contributed by atoms with van der Waals surface area (Å²) in [5, 5.41) is 3.68. The average molecular weight is 327 g/mol. The number of amides is 1. The van der Waals surface area contributed by atoms with Crippen LogP contribution in [0.4, 0.5) is 0 Å². The van der Waals surface area contributed by atoms with E-state index < -0.39 is 5.91 Å². The zero-order valence-electron chi connectivity index (χ0n) is 12.7. The second-order valence-electron chi connectivity index (χ2n) is 4.94. The van der Waals surface area contributed by atoms with Crippen LogP contribution in [0.1, 0.15) is 22.0 Å². The van der Waals surface area contributed by atoms with Gasteiger partial charge in [0.05, 0.1) is 6.26 Å². The van der Waals surface area contributed by atoms with Crippen LogP contribution < -0.4 is 15.9 Å². The zero-order chi connectivity index (χ0) is 17.1. The molecule has 0 bridgehead atoms. The Morgan fingerprint density at radius 2 is 2.00 bits per heavy atom. The molecule has 1 aromatic carbocycles. The predicted octanol–water partition coefficient (Wildman–Crippen LogP) is 1.68. The van der Waals surface area contributed by atoms with Crippen molar-refractivity contribution in [1.29, 1.82) is 0 Å². The number of benzene rings is 1. The van der Waals surface area contributed by atoms with E-state index in [1.807, 2.05) is 0 Å². The summed E-state index contributed by atoms with van der Waals surface area (Å²) in [5.74, 6) is -0.161. The molecule has 0 fully saturated rings. The molecule has 0 saturated heterocycles. The third kappa shape index (κ3) is 3.17. The number of rotatable bonds is 5. The number of nitrogens with zero attached hydrogens (tertiary/aromatic N) is 2. The van der Waals surface area contributed by atoms with Crippen molar-refractivity contribution in [3.05, 3.63) is 64.0 Å². The quantitative estimate of drug-likeness (QED) is 0.756. The van der Waals surface area contributed by atoms with Crippen LogP contribution in [0.15, 0.2) is 50.3 Å². The van der Waals surface area contributed by atoms with E-state index in [4.69, 9.17) is 19.4 Å². The minimum Gasteiger partial charge on any atom is -0.482 e. The van der Waals surface area contributed by atoms with Gasteiger partial charge in [-0.15, -0.1) is 0 Å². The Balaban J connectivity index is 1.72.